The van der Waals surface area contributed by atoms with Crippen LogP contribution in [0.15, 0.2) is 83.3 Å². The Morgan fingerprint density at radius 1 is 0.733 bits per heavy atom. The summed E-state index contributed by atoms with van der Waals surface area (Å²) in [5.41, 5.74) is 1.36. The fourth-order valence-corrected chi connectivity index (χ4v) is 4.91. The molecule has 0 amide bonds. The summed E-state index contributed by atoms with van der Waals surface area (Å²) in [6.07, 6.45) is 17.5. The zero-order valence-corrected chi connectivity index (χ0v) is 26.1. The number of carbonyl (C=O) groups is 3. The predicted octanol–water partition coefficient (Wildman–Crippen LogP) is 5.83. The molecule has 1 aliphatic heterocycles. The van der Waals surface area contributed by atoms with Gasteiger partial charge in [-0.3, -0.25) is 0 Å². The van der Waals surface area contributed by atoms with E-state index in [2.05, 4.69) is 13.5 Å². The van der Waals surface area contributed by atoms with Crippen LogP contribution in [0.1, 0.15) is 64.7 Å². The Kier molecular flexibility index (Phi) is 13.3. The van der Waals surface area contributed by atoms with Gasteiger partial charge in [0.25, 0.3) is 0 Å². The molecule has 4 rings (SSSR count). The molecule has 0 unspecified atom stereocenters. The molecule has 0 N–H and O–H groups in total. The number of rotatable bonds is 18. The van der Waals surface area contributed by atoms with Crippen LogP contribution in [-0.2, 0) is 47.5 Å². The highest BCUT2D eigenvalue weighted by Gasteiger charge is 2.36. The number of carbonyl (C=O) groups excluding carboxylic acids is 3. The van der Waals surface area contributed by atoms with Gasteiger partial charge in [0, 0.05) is 54.9 Å². The first-order valence-corrected chi connectivity index (χ1v) is 15.7. The van der Waals surface area contributed by atoms with Crippen LogP contribution in [0.2, 0.25) is 0 Å². The van der Waals surface area contributed by atoms with Gasteiger partial charge < -0.3 is 33.2 Å². The van der Waals surface area contributed by atoms with Crippen molar-refractivity contribution in [1.29, 1.82) is 0 Å². The standard InChI is InChI=1S/C35H44O10/c1-3-32(36)43-22-21-42-29-13-9-27(10-14-29)34(38)45-31-17-15-30(16-18-31)44-33(37)26-7-11-28(12-8-26)41-20-6-5-19-39-23-35(4-2)24-40-25-35/h3,7,9,11,13,15,17H,1,4-6,8,10,12,14,16,18-25H2,2H3. The van der Waals surface area contributed by atoms with E-state index in [1.165, 1.54) is 0 Å². The lowest BCUT2D eigenvalue weighted by Crippen LogP contribution is -2.45. The van der Waals surface area contributed by atoms with Gasteiger partial charge in [-0.2, -0.15) is 0 Å². The second-order valence-electron chi connectivity index (χ2n) is 11.4. The number of esters is 3. The van der Waals surface area contributed by atoms with Gasteiger partial charge in [-0.15, -0.1) is 0 Å². The lowest BCUT2D eigenvalue weighted by Gasteiger charge is -2.40. The summed E-state index contributed by atoms with van der Waals surface area (Å²) in [4.78, 5) is 36.4. The molecule has 10 nitrogen and oxygen atoms in total. The predicted molar refractivity (Wildman–Crippen MR) is 165 cm³/mol. The number of allylic oxidation sites excluding steroid dienone is 10. The SMILES string of the molecule is C=CC(=O)OCCOC1=CC=C(C(=O)OC2=CC=C(OC(=O)C3=CC=C(OCCCCOCC4(CC)COC4)CC3)CC2)CC1. The summed E-state index contributed by atoms with van der Waals surface area (Å²) in [6, 6.07) is 0. The maximum atomic E-state index is 12.7. The average molecular weight is 625 g/mol. The van der Waals surface area contributed by atoms with Gasteiger partial charge in [-0.05, 0) is 68.6 Å². The van der Waals surface area contributed by atoms with Crippen LogP contribution in [0.5, 0.6) is 0 Å². The minimum Gasteiger partial charge on any atom is -0.498 e. The van der Waals surface area contributed by atoms with Crippen molar-refractivity contribution in [1.82, 2.24) is 0 Å². The van der Waals surface area contributed by atoms with E-state index >= 15 is 0 Å². The van der Waals surface area contributed by atoms with E-state index in [0.29, 0.717) is 73.6 Å². The summed E-state index contributed by atoms with van der Waals surface area (Å²) in [6.45, 7) is 9.57. The Bertz CT molecular complexity index is 1270. The van der Waals surface area contributed by atoms with Crippen LogP contribution >= 0.6 is 0 Å². The summed E-state index contributed by atoms with van der Waals surface area (Å²) in [5, 5.41) is 0. The molecule has 1 fully saturated rings. The van der Waals surface area contributed by atoms with Crippen molar-refractivity contribution in [2.45, 2.75) is 64.7 Å². The van der Waals surface area contributed by atoms with Gasteiger partial charge in [-0.1, -0.05) is 13.5 Å². The second-order valence-corrected chi connectivity index (χ2v) is 11.4. The molecule has 1 saturated heterocycles. The van der Waals surface area contributed by atoms with Crippen LogP contribution in [0.4, 0.5) is 0 Å². The lowest BCUT2D eigenvalue weighted by molar-refractivity contribution is -0.150. The van der Waals surface area contributed by atoms with Crippen LogP contribution < -0.4 is 0 Å². The van der Waals surface area contributed by atoms with Gasteiger partial charge in [-0.25, -0.2) is 14.4 Å². The Balaban J connectivity index is 1.11. The van der Waals surface area contributed by atoms with E-state index in [0.717, 1.165) is 57.5 Å². The van der Waals surface area contributed by atoms with Crippen LogP contribution in [0.3, 0.4) is 0 Å². The third-order valence-corrected chi connectivity index (χ3v) is 7.99. The van der Waals surface area contributed by atoms with Gasteiger partial charge in [0.2, 0.25) is 0 Å². The van der Waals surface area contributed by atoms with E-state index in [1.807, 2.05) is 6.08 Å². The molecular weight excluding hydrogens is 580 g/mol. The molecule has 0 bridgehead atoms. The Morgan fingerprint density at radius 2 is 1.27 bits per heavy atom. The molecule has 0 spiro atoms. The molecule has 0 atom stereocenters. The Labute approximate surface area is 265 Å². The van der Waals surface area contributed by atoms with E-state index < -0.39 is 11.9 Å². The molecule has 0 aromatic heterocycles. The van der Waals surface area contributed by atoms with Crippen molar-refractivity contribution in [2.24, 2.45) is 5.41 Å². The smallest absolute Gasteiger partial charge is 0.339 e. The van der Waals surface area contributed by atoms with Crippen molar-refractivity contribution in [3.05, 3.63) is 83.3 Å². The molecule has 0 radical (unpaired) electrons. The molecule has 45 heavy (non-hydrogen) atoms. The highest BCUT2D eigenvalue weighted by molar-refractivity contribution is 5.90. The first kappa shape index (κ1) is 34.0. The van der Waals surface area contributed by atoms with E-state index in [1.54, 1.807) is 30.4 Å². The largest absolute Gasteiger partial charge is 0.498 e. The van der Waals surface area contributed by atoms with Crippen LogP contribution in [-0.4, -0.2) is 64.2 Å². The van der Waals surface area contributed by atoms with Crippen molar-refractivity contribution in [3.8, 4) is 0 Å². The molecule has 244 valence electrons. The maximum Gasteiger partial charge on any atom is 0.339 e. The summed E-state index contributed by atoms with van der Waals surface area (Å²) in [5.74, 6) is 1.33. The fraction of sp³-hybridized carbons (Fsp3) is 0.514. The van der Waals surface area contributed by atoms with Crippen molar-refractivity contribution >= 4 is 17.9 Å². The normalized spacial score (nSPS) is 18.8. The molecule has 0 aromatic carbocycles. The average Bonchev–Trinajstić information content (AvgIpc) is 3.05. The van der Waals surface area contributed by atoms with Crippen molar-refractivity contribution in [2.75, 3.05) is 46.2 Å². The summed E-state index contributed by atoms with van der Waals surface area (Å²) >= 11 is 0. The Hall–Kier alpha value is -3.89. The van der Waals surface area contributed by atoms with Crippen molar-refractivity contribution < 1.29 is 47.5 Å². The first-order valence-electron chi connectivity index (χ1n) is 15.7. The molecule has 0 aromatic rings. The highest BCUT2D eigenvalue weighted by atomic mass is 16.6. The Morgan fingerprint density at radius 3 is 1.73 bits per heavy atom. The third-order valence-electron chi connectivity index (χ3n) is 7.99. The van der Waals surface area contributed by atoms with Gasteiger partial charge in [0.1, 0.15) is 24.7 Å². The number of hydrogen-bond acceptors (Lipinski definition) is 10. The molecular formula is C35H44O10. The van der Waals surface area contributed by atoms with Gasteiger partial charge >= 0.3 is 17.9 Å². The minimum atomic E-state index is -0.499. The third kappa shape index (κ3) is 10.9. The van der Waals surface area contributed by atoms with Crippen LogP contribution in [0, 0.1) is 5.41 Å². The zero-order chi connectivity index (χ0) is 31.9. The van der Waals surface area contributed by atoms with E-state index in [9.17, 15) is 14.4 Å². The van der Waals surface area contributed by atoms with E-state index in [4.69, 9.17) is 33.2 Å². The lowest BCUT2D eigenvalue weighted by atomic mass is 9.84. The number of ether oxygens (including phenoxy) is 7. The number of unbranched alkanes of at least 4 members (excludes halogenated alkanes) is 1. The quantitative estimate of drug-likeness (QED) is 0.0799. The minimum absolute atomic E-state index is 0.123. The zero-order valence-electron chi connectivity index (χ0n) is 26.1. The number of hydrogen-bond donors (Lipinski definition) is 0. The molecule has 1 heterocycles. The summed E-state index contributed by atoms with van der Waals surface area (Å²) < 4.78 is 38.6. The van der Waals surface area contributed by atoms with Gasteiger partial charge in [0.15, 0.2) is 0 Å². The molecule has 4 aliphatic rings. The molecule has 3 aliphatic carbocycles. The monoisotopic (exact) mass is 624 g/mol. The molecule has 10 heteroatoms. The summed E-state index contributed by atoms with van der Waals surface area (Å²) in [7, 11) is 0. The first-order chi connectivity index (χ1) is 21.9. The highest BCUT2D eigenvalue weighted by Crippen LogP contribution is 2.31. The van der Waals surface area contributed by atoms with E-state index in [-0.39, 0.29) is 24.6 Å². The van der Waals surface area contributed by atoms with Crippen LogP contribution in [0.25, 0.3) is 0 Å². The fourth-order valence-electron chi connectivity index (χ4n) is 4.91. The van der Waals surface area contributed by atoms with Gasteiger partial charge in [0.05, 0.1) is 37.9 Å². The van der Waals surface area contributed by atoms with Crippen molar-refractivity contribution in [3.63, 3.8) is 0 Å². The maximum absolute atomic E-state index is 12.7. The second kappa shape index (κ2) is 17.6. The topological polar surface area (TPSA) is 116 Å². The molecule has 0 saturated carbocycles.